The molecule has 1 aliphatic heterocycles. The van der Waals surface area contributed by atoms with Crippen molar-refractivity contribution in [3.63, 3.8) is 0 Å². The van der Waals surface area contributed by atoms with E-state index in [-0.39, 0.29) is 12.1 Å². The molecule has 1 unspecified atom stereocenters. The molecule has 9 nitrogen and oxygen atoms in total. The van der Waals surface area contributed by atoms with Crippen LogP contribution in [0.5, 0.6) is 0 Å². The van der Waals surface area contributed by atoms with E-state index in [0.717, 1.165) is 5.56 Å². The van der Waals surface area contributed by atoms with Crippen LogP contribution < -0.4 is 5.32 Å². The Morgan fingerprint density at radius 3 is 3.04 bits per heavy atom. The topological polar surface area (TPSA) is 98.3 Å². The third-order valence-electron chi connectivity index (χ3n) is 3.76. The van der Waals surface area contributed by atoms with Gasteiger partial charge in [0.15, 0.2) is 5.82 Å². The molecule has 3 heterocycles. The molecule has 1 aliphatic rings. The average molecular weight is 334 g/mol. The first kappa shape index (κ1) is 16.4. The molecule has 24 heavy (non-hydrogen) atoms. The molecule has 130 valence electrons. The van der Waals surface area contributed by atoms with E-state index in [1.807, 2.05) is 24.0 Å². The molecule has 1 N–H and O–H groups in total. The third kappa shape index (κ3) is 4.31. The maximum Gasteiger partial charge on any atom is 0.317 e. The van der Waals surface area contributed by atoms with Crippen LogP contribution in [-0.4, -0.2) is 63.2 Å². The number of ether oxygens (including phenoxy) is 1. The second kappa shape index (κ2) is 7.43. The van der Waals surface area contributed by atoms with Crippen LogP contribution >= 0.6 is 0 Å². The lowest BCUT2D eigenvalue weighted by atomic mass is 10.3. The molecule has 0 aromatic carbocycles. The van der Waals surface area contributed by atoms with E-state index in [1.165, 1.54) is 0 Å². The summed E-state index contributed by atoms with van der Waals surface area (Å²) in [6, 6.07) is -0.101. The standard InChI is InChI=1S/C15H22N6O3/c1-11-7-17-21(8-11)10-13-9-20(5-6-23-13)15(22)16-4-3-14-18-12(2)19-24-14/h7-8,13H,3-6,9-10H2,1-2H3,(H,16,22). The summed E-state index contributed by atoms with van der Waals surface area (Å²) in [5.41, 5.74) is 1.11. The van der Waals surface area contributed by atoms with Crippen molar-refractivity contribution < 1.29 is 14.1 Å². The van der Waals surface area contributed by atoms with Crippen LogP contribution in [0.1, 0.15) is 17.3 Å². The predicted molar refractivity (Wildman–Crippen MR) is 84.4 cm³/mol. The predicted octanol–water partition coefficient (Wildman–Crippen LogP) is 0.536. The maximum atomic E-state index is 12.3. The van der Waals surface area contributed by atoms with Gasteiger partial charge in [0.25, 0.3) is 0 Å². The minimum Gasteiger partial charge on any atom is -0.373 e. The fourth-order valence-corrected chi connectivity index (χ4v) is 2.62. The Balaban J connectivity index is 1.44. The van der Waals surface area contributed by atoms with Gasteiger partial charge in [-0.1, -0.05) is 5.16 Å². The number of carbonyl (C=O) groups excluding carboxylic acids is 1. The Labute approximate surface area is 140 Å². The molecule has 1 fully saturated rings. The number of morpholine rings is 1. The molecule has 1 atom stereocenters. The van der Waals surface area contributed by atoms with Crippen molar-refractivity contribution in [2.75, 3.05) is 26.2 Å². The highest BCUT2D eigenvalue weighted by molar-refractivity contribution is 5.74. The summed E-state index contributed by atoms with van der Waals surface area (Å²) in [6.07, 6.45) is 4.25. The SMILES string of the molecule is Cc1cnn(CC2CN(C(=O)NCCc3nc(C)no3)CCO2)c1. The van der Waals surface area contributed by atoms with E-state index in [0.29, 0.717) is 50.9 Å². The second-order valence-corrected chi connectivity index (χ2v) is 5.90. The van der Waals surface area contributed by atoms with Crippen LogP contribution in [-0.2, 0) is 17.7 Å². The Morgan fingerprint density at radius 2 is 2.33 bits per heavy atom. The van der Waals surface area contributed by atoms with Crippen molar-refractivity contribution >= 4 is 6.03 Å². The summed E-state index contributed by atoms with van der Waals surface area (Å²) in [4.78, 5) is 18.1. The molecule has 2 aromatic heterocycles. The zero-order valence-corrected chi connectivity index (χ0v) is 13.9. The first-order valence-corrected chi connectivity index (χ1v) is 8.03. The molecule has 0 bridgehead atoms. The molecule has 0 radical (unpaired) electrons. The van der Waals surface area contributed by atoms with E-state index in [9.17, 15) is 4.79 Å². The minimum atomic E-state index is -0.101. The number of nitrogens with one attached hydrogen (secondary N) is 1. The van der Waals surface area contributed by atoms with Crippen molar-refractivity contribution in [2.45, 2.75) is 32.9 Å². The van der Waals surface area contributed by atoms with Crippen LogP contribution in [0.2, 0.25) is 0 Å². The van der Waals surface area contributed by atoms with Crippen molar-refractivity contribution in [3.05, 3.63) is 29.7 Å². The van der Waals surface area contributed by atoms with Crippen LogP contribution in [0.3, 0.4) is 0 Å². The lowest BCUT2D eigenvalue weighted by molar-refractivity contribution is -0.0237. The number of nitrogens with zero attached hydrogens (tertiary/aromatic N) is 5. The van der Waals surface area contributed by atoms with Gasteiger partial charge in [-0.15, -0.1) is 0 Å². The average Bonchev–Trinajstić information content (AvgIpc) is 3.16. The summed E-state index contributed by atoms with van der Waals surface area (Å²) in [5, 5.41) is 10.9. The van der Waals surface area contributed by atoms with Gasteiger partial charge in [0, 0.05) is 25.7 Å². The summed E-state index contributed by atoms with van der Waals surface area (Å²) in [5.74, 6) is 1.13. The van der Waals surface area contributed by atoms with E-state index in [2.05, 4.69) is 20.6 Å². The highest BCUT2D eigenvalue weighted by Gasteiger charge is 2.24. The highest BCUT2D eigenvalue weighted by Crippen LogP contribution is 2.08. The molecule has 9 heteroatoms. The zero-order valence-electron chi connectivity index (χ0n) is 13.9. The second-order valence-electron chi connectivity index (χ2n) is 5.90. The molecular formula is C15H22N6O3. The van der Waals surface area contributed by atoms with Crippen LogP contribution in [0.15, 0.2) is 16.9 Å². The fraction of sp³-hybridized carbons (Fsp3) is 0.600. The molecule has 0 aliphatic carbocycles. The largest absolute Gasteiger partial charge is 0.373 e. The summed E-state index contributed by atoms with van der Waals surface area (Å²) >= 11 is 0. The Morgan fingerprint density at radius 1 is 1.46 bits per heavy atom. The highest BCUT2D eigenvalue weighted by atomic mass is 16.5. The zero-order chi connectivity index (χ0) is 16.9. The molecule has 1 saturated heterocycles. The minimum absolute atomic E-state index is 0.0533. The van der Waals surface area contributed by atoms with Gasteiger partial charge in [-0.3, -0.25) is 4.68 Å². The fourth-order valence-electron chi connectivity index (χ4n) is 2.62. The number of rotatable bonds is 5. The molecule has 2 amide bonds. The first-order chi connectivity index (χ1) is 11.6. The summed E-state index contributed by atoms with van der Waals surface area (Å²) in [6.45, 7) is 6.52. The van der Waals surface area contributed by atoms with Gasteiger partial charge in [0.1, 0.15) is 0 Å². The van der Waals surface area contributed by atoms with Crippen molar-refractivity contribution in [1.82, 2.24) is 30.1 Å². The van der Waals surface area contributed by atoms with Crippen molar-refractivity contribution in [3.8, 4) is 0 Å². The number of hydrogen-bond donors (Lipinski definition) is 1. The maximum absolute atomic E-state index is 12.3. The molecule has 0 saturated carbocycles. The Kier molecular flexibility index (Phi) is 5.09. The van der Waals surface area contributed by atoms with Crippen molar-refractivity contribution in [1.29, 1.82) is 0 Å². The van der Waals surface area contributed by atoms with E-state index >= 15 is 0 Å². The summed E-state index contributed by atoms with van der Waals surface area (Å²) < 4.78 is 12.6. The number of hydrogen-bond acceptors (Lipinski definition) is 6. The van der Waals surface area contributed by atoms with E-state index in [4.69, 9.17) is 9.26 Å². The van der Waals surface area contributed by atoms with Gasteiger partial charge < -0.3 is 19.5 Å². The first-order valence-electron chi connectivity index (χ1n) is 8.03. The molecule has 3 rings (SSSR count). The Hall–Kier alpha value is -2.42. The van der Waals surface area contributed by atoms with Crippen LogP contribution in [0.25, 0.3) is 0 Å². The molecular weight excluding hydrogens is 312 g/mol. The smallest absolute Gasteiger partial charge is 0.317 e. The van der Waals surface area contributed by atoms with Gasteiger partial charge in [-0.25, -0.2) is 4.79 Å². The Bertz CT molecular complexity index is 682. The lowest BCUT2D eigenvalue weighted by Gasteiger charge is -2.32. The summed E-state index contributed by atoms with van der Waals surface area (Å²) in [7, 11) is 0. The number of amides is 2. The van der Waals surface area contributed by atoms with Crippen molar-refractivity contribution in [2.24, 2.45) is 0 Å². The number of aromatic nitrogens is 4. The van der Waals surface area contributed by atoms with Gasteiger partial charge in [0.05, 0.1) is 32.0 Å². The van der Waals surface area contributed by atoms with Crippen LogP contribution in [0.4, 0.5) is 4.79 Å². The van der Waals surface area contributed by atoms with Crippen LogP contribution in [0, 0.1) is 13.8 Å². The number of urea groups is 1. The van der Waals surface area contributed by atoms with E-state index in [1.54, 1.807) is 11.8 Å². The quantitative estimate of drug-likeness (QED) is 0.857. The third-order valence-corrected chi connectivity index (χ3v) is 3.76. The molecule has 2 aromatic rings. The van der Waals surface area contributed by atoms with Gasteiger partial charge >= 0.3 is 6.03 Å². The van der Waals surface area contributed by atoms with Gasteiger partial charge in [-0.2, -0.15) is 10.1 Å². The molecule has 0 spiro atoms. The normalized spacial score (nSPS) is 17.9. The number of aryl methyl sites for hydroxylation is 2. The number of carbonyl (C=O) groups is 1. The van der Waals surface area contributed by atoms with Gasteiger partial charge in [0.2, 0.25) is 5.89 Å². The monoisotopic (exact) mass is 334 g/mol. The van der Waals surface area contributed by atoms with Gasteiger partial charge in [-0.05, 0) is 19.4 Å². The lowest BCUT2D eigenvalue weighted by Crippen LogP contribution is -2.50. The van der Waals surface area contributed by atoms with E-state index < -0.39 is 0 Å².